The topological polar surface area (TPSA) is 140 Å². The molecule has 0 saturated carbocycles. The molecule has 1 unspecified atom stereocenters. The van der Waals surface area contributed by atoms with Crippen molar-refractivity contribution in [2.45, 2.75) is 24.9 Å². The molecule has 0 aromatic carbocycles. The Balaban J connectivity index is 2.25. The molecule has 1 amide bonds. The Morgan fingerprint density at radius 3 is 2.88 bits per heavy atom. The third-order valence-corrected chi connectivity index (χ3v) is 2.48. The third-order valence-electron chi connectivity index (χ3n) is 2.48. The van der Waals surface area contributed by atoms with Gasteiger partial charge in [-0.2, -0.15) is 0 Å². The van der Waals surface area contributed by atoms with E-state index < -0.39 is 12.0 Å². The smallest absolute Gasteiger partial charge is 0.327 e. The lowest BCUT2D eigenvalue weighted by Gasteiger charge is -2.28. The molecule has 1 rings (SSSR count). The predicted octanol–water partition coefficient (Wildman–Crippen LogP) is -2.21. The summed E-state index contributed by atoms with van der Waals surface area (Å²) in [5.74, 6) is -1.44. The molecular weight excluding hydrogens is 226 g/mol. The van der Waals surface area contributed by atoms with Gasteiger partial charge in [-0.3, -0.25) is 10.2 Å². The maximum absolute atomic E-state index is 11.5. The zero-order valence-corrected chi connectivity index (χ0v) is 9.32. The number of guanidine groups is 1. The number of hydrogen-bond acceptors (Lipinski definition) is 4. The molecule has 1 aliphatic heterocycles. The summed E-state index contributed by atoms with van der Waals surface area (Å²) in [6.07, 6.45) is 1.24. The second-order valence-electron chi connectivity index (χ2n) is 3.84. The summed E-state index contributed by atoms with van der Waals surface area (Å²) in [6, 6.07) is -1.23. The zero-order chi connectivity index (χ0) is 12.8. The van der Waals surface area contributed by atoms with Crippen molar-refractivity contribution in [1.82, 2.24) is 16.0 Å². The summed E-state index contributed by atoms with van der Waals surface area (Å²) in [5, 5.41) is 23.6. The van der Waals surface area contributed by atoms with Gasteiger partial charge in [0.05, 0.1) is 6.04 Å². The van der Waals surface area contributed by atoms with E-state index in [0.717, 1.165) is 0 Å². The van der Waals surface area contributed by atoms with Crippen molar-refractivity contribution in [3.63, 3.8) is 0 Å². The van der Waals surface area contributed by atoms with Crippen molar-refractivity contribution in [2.24, 2.45) is 5.73 Å². The Morgan fingerprint density at radius 2 is 2.35 bits per heavy atom. The SMILES string of the molecule is N=C(N)NCCC[C@@H]1NCC(C(=O)O)NC1=O. The van der Waals surface area contributed by atoms with Crippen molar-refractivity contribution < 1.29 is 14.7 Å². The molecule has 0 bridgehead atoms. The van der Waals surface area contributed by atoms with Gasteiger partial charge in [0, 0.05) is 13.1 Å². The molecule has 1 fully saturated rings. The lowest BCUT2D eigenvalue weighted by atomic mass is 10.1. The molecule has 96 valence electrons. The minimum Gasteiger partial charge on any atom is -0.480 e. The first-order chi connectivity index (χ1) is 8.00. The summed E-state index contributed by atoms with van der Waals surface area (Å²) >= 11 is 0. The molecule has 1 heterocycles. The minimum atomic E-state index is -1.04. The quantitative estimate of drug-likeness (QED) is 0.184. The fourth-order valence-electron chi connectivity index (χ4n) is 1.59. The van der Waals surface area contributed by atoms with Crippen LogP contribution in [0.2, 0.25) is 0 Å². The van der Waals surface area contributed by atoms with E-state index in [0.29, 0.717) is 19.4 Å². The van der Waals surface area contributed by atoms with E-state index in [4.69, 9.17) is 16.2 Å². The Labute approximate surface area is 98.4 Å². The van der Waals surface area contributed by atoms with Crippen LogP contribution in [-0.2, 0) is 9.59 Å². The summed E-state index contributed by atoms with van der Waals surface area (Å²) < 4.78 is 0. The van der Waals surface area contributed by atoms with Crippen LogP contribution in [0.4, 0.5) is 0 Å². The van der Waals surface area contributed by atoms with Gasteiger partial charge in [0.2, 0.25) is 5.91 Å². The Hall–Kier alpha value is -1.83. The average molecular weight is 243 g/mol. The van der Waals surface area contributed by atoms with E-state index in [1.54, 1.807) is 0 Å². The summed E-state index contributed by atoms with van der Waals surface area (Å²) in [7, 11) is 0. The molecule has 0 aromatic heterocycles. The molecule has 8 nitrogen and oxygen atoms in total. The number of piperazine rings is 1. The summed E-state index contributed by atoms with van der Waals surface area (Å²) in [6.45, 7) is 0.745. The second kappa shape index (κ2) is 6.04. The number of amides is 1. The highest BCUT2D eigenvalue weighted by molar-refractivity contribution is 5.88. The number of hydrogen-bond donors (Lipinski definition) is 6. The van der Waals surface area contributed by atoms with Gasteiger partial charge in [0.1, 0.15) is 6.04 Å². The number of rotatable bonds is 5. The largest absolute Gasteiger partial charge is 0.480 e. The second-order valence-corrected chi connectivity index (χ2v) is 3.84. The van der Waals surface area contributed by atoms with Crippen LogP contribution in [0.1, 0.15) is 12.8 Å². The minimum absolute atomic E-state index is 0.100. The van der Waals surface area contributed by atoms with Crippen molar-refractivity contribution >= 4 is 17.8 Å². The van der Waals surface area contributed by atoms with E-state index >= 15 is 0 Å². The Morgan fingerprint density at radius 1 is 1.65 bits per heavy atom. The van der Waals surface area contributed by atoms with E-state index in [-0.39, 0.29) is 24.5 Å². The van der Waals surface area contributed by atoms with Gasteiger partial charge in [0.25, 0.3) is 0 Å². The van der Waals surface area contributed by atoms with Gasteiger partial charge in [-0.15, -0.1) is 0 Å². The first kappa shape index (κ1) is 13.2. The van der Waals surface area contributed by atoms with Crippen LogP contribution >= 0.6 is 0 Å². The number of carboxylic acids is 1. The monoisotopic (exact) mass is 243 g/mol. The van der Waals surface area contributed by atoms with Gasteiger partial charge < -0.3 is 26.8 Å². The summed E-state index contributed by atoms with van der Waals surface area (Å²) in [4.78, 5) is 22.2. The standard InChI is InChI=1S/C9H17N5O3/c10-9(11)12-3-1-2-5-7(15)14-6(4-13-5)8(16)17/h5-6,13H,1-4H2,(H,14,15)(H,16,17)(H4,10,11,12)/t5-,6?/m0/s1. The first-order valence-corrected chi connectivity index (χ1v) is 5.35. The third kappa shape index (κ3) is 4.27. The van der Waals surface area contributed by atoms with Crippen molar-refractivity contribution in [3.8, 4) is 0 Å². The van der Waals surface area contributed by atoms with Crippen molar-refractivity contribution in [3.05, 3.63) is 0 Å². The van der Waals surface area contributed by atoms with E-state index in [2.05, 4.69) is 16.0 Å². The van der Waals surface area contributed by atoms with Crippen LogP contribution in [-0.4, -0.2) is 48.1 Å². The van der Waals surface area contributed by atoms with Gasteiger partial charge >= 0.3 is 5.97 Å². The fourth-order valence-corrected chi connectivity index (χ4v) is 1.59. The van der Waals surface area contributed by atoms with Crippen LogP contribution < -0.4 is 21.7 Å². The summed E-state index contributed by atoms with van der Waals surface area (Å²) in [5.41, 5.74) is 5.10. The van der Waals surface area contributed by atoms with Gasteiger partial charge in [0.15, 0.2) is 5.96 Å². The van der Waals surface area contributed by atoms with Crippen LogP contribution in [0, 0.1) is 5.41 Å². The number of aliphatic carboxylic acids is 1. The predicted molar refractivity (Wildman–Crippen MR) is 60.5 cm³/mol. The van der Waals surface area contributed by atoms with Gasteiger partial charge in [-0.25, -0.2) is 4.79 Å². The first-order valence-electron chi connectivity index (χ1n) is 5.35. The maximum atomic E-state index is 11.5. The number of nitrogens with two attached hydrogens (primary N) is 1. The lowest BCUT2D eigenvalue weighted by Crippen LogP contribution is -2.60. The highest BCUT2D eigenvalue weighted by Crippen LogP contribution is 2.02. The number of carbonyl (C=O) groups excluding carboxylic acids is 1. The van der Waals surface area contributed by atoms with E-state index in [1.165, 1.54) is 0 Å². The fraction of sp³-hybridized carbons (Fsp3) is 0.667. The molecular formula is C9H17N5O3. The Bertz CT molecular complexity index is 320. The normalized spacial score (nSPS) is 23.9. The molecule has 1 aliphatic rings. The molecule has 0 aromatic rings. The number of carboxylic acid groups (broad SMARTS) is 1. The molecule has 1 saturated heterocycles. The van der Waals surface area contributed by atoms with E-state index in [1.807, 2.05) is 0 Å². The molecule has 0 aliphatic carbocycles. The number of nitrogens with one attached hydrogen (secondary N) is 4. The lowest BCUT2D eigenvalue weighted by molar-refractivity contribution is -0.143. The van der Waals surface area contributed by atoms with Crippen LogP contribution in [0.15, 0.2) is 0 Å². The molecule has 0 spiro atoms. The molecule has 7 N–H and O–H groups in total. The Kier molecular flexibility index (Phi) is 4.70. The highest BCUT2D eigenvalue weighted by Gasteiger charge is 2.30. The average Bonchev–Trinajstić information content (AvgIpc) is 2.25. The van der Waals surface area contributed by atoms with Crippen LogP contribution in [0.5, 0.6) is 0 Å². The van der Waals surface area contributed by atoms with Gasteiger partial charge in [-0.1, -0.05) is 0 Å². The van der Waals surface area contributed by atoms with Crippen molar-refractivity contribution in [1.29, 1.82) is 5.41 Å². The zero-order valence-electron chi connectivity index (χ0n) is 9.32. The van der Waals surface area contributed by atoms with Crippen LogP contribution in [0.25, 0.3) is 0 Å². The maximum Gasteiger partial charge on any atom is 0.327 e. The molecule has 2 atom stereocenters. The molecule has 0 radical (unpaired) electrons. The van der Waals surface area contributed by atoms with Crippen LogP contribution in [0.3, 0.4) is 0 Å². The highest BCUT2D eigenvalue weighted by atomic mass is 16.4. The van der Waals surface area contributed by atoms with Gasteiger partial charge in [-0.05, 0) is 12.8 Å². The van der Waals surface area contributed by atoms with Crippen molar-refractivity contribution in [2.75, 3.05) is 13.1 Å². The number of carbonyl (C=O) groups is 2. The molecule has 8 heteroatoms. The molecule has 17 heavy (non-hydrogen) atoms. The van der Waals surface area contributed by atoms with E-state index in [9.17, 15) is 9.59 Å².